The summed E-state index contributed by atoms with van der Waals surface area (Å²) in [5.74, 6) is 1.10. The Morgan fingerprint density at radius 1 is 1.04 bits per heavy atom. The van der Waals surface area contributed by atoms with Gasteiger partial charge in [0.05, 0.1) is 0 Å². The van der Waals surface area contributed by atoms with E-state index in [1.54, 1.807) is 12.1 Å². The van der Waals surface area contributed by atoms with Crippen molar-refractivity contribution in [1.82, 2.24) is 4.90 Å². The lowest BCUT2D eigenvalue weighted by atomic mass is 9.94. The highest BCUT2D eigenvalue weighted by Crippen LogP contribution is 2.36. The van der Waals surface area contributed by atoms with Crippen LogP contribution in [0.25, 0.3) is 11.3 Å². The van der Waals surface area contributed by atoms with Crippen molar-refractivity contribution in [2.24, 2.45) is 0 Å². The number of carbonyl (C=O) groups is 2. The Labute approximate surface area is 135 Å². The molecule has 23 heavy (non-hydrogen) atoms. The number of benzene rings is 1. The first-order valence-electron chi connectivity index (χ1n) is 8.26. The third kappa shape index (κ3) is 2.38. The van der Waals surface area contributed by atoms with Crippen molar-refractivity contribution in [2.45, 2.75) is 44.7 Å². The fourth-order valence-electron chi connectivity index (χ4n) is 3.83. The summed E-state index contributed by atoms with van der Waals surface area (Å²) in [7, 11) is 0. The number of carbonyl (C=O) groups excluding carboxylic acids is 2. The van der Waals surface area contributed by atoms with Crippen LogP contribution in [0.2, 0.25) is 0 Å². The van der Waals surface area contributed by atoms with Crippen molar-refractivity contribution < 1.29 is 14.0 Å². The molecule has 1 aromatic carbocycles. The van der Waals surface area contributed by atoms with E-state index < -0.39 is 0 Å². The summed E-state index contributed by atoms with van der Waals surface area (Å²) in [5, 5.41) is 0. The van der Waals surface area contributed by atoms with Gasteiger partial charge in [0, 0.05) is 23.7 Å². The van der Waals surface area contributed by atoms with Crippen molar-refractivity contribution in [3.05, 3.63) is 47.2 Å². The van der Waals surface area contributed by atoms with Gasteiger partial charge < -0.3 is 9.32 Å². The highest BCUT2D eigenvalue weighted by molar-refractivity contribution is 6.00. The number of furan rings is 1. The molecule has 2 aromatic rings. The molecule has 0 radical (unpaired) electrons. The fourth-order valence-corrected chi connectivity index (χ4v) is 3.83. The highest BCUT2D eigenvalue weighted by atomic mass is 16.3. The lowest BCUT2D eigenvalue weighted by Gasteiger charge is -2.30. The van der Waals surface area contributed by atoms with E-state index in [-0.39, 0.29) is 5.91 Å². The number of fused-ring (bicyclic) bond motifs is 1. The van der Waals surface area contributed by atoms with E-state index in [0.717, 1.165) is 29.5 Å². The van der Waals surface area contributed by atoms with Crippen molar-refractivity contribution in [1.29, 1.82) is 0 Å². The number of aldehydes is 1. The number of amides is 1. The molecule has 2 heterocycles. The Hall–Kier alpha value is -2.36. The molecule has 1 saturated carbocycles. The van der Waals surface area contributed by atoms with Crippen LogP contribution in [0.1, 0.15) is 58.6 Å². The van der Waals surface area contributed by atoms with Crippen LogP contribution >= 0.6 is 0 Å². The number of nitrogens with zero attached hydrogens (tertiary/aromatic N) is 1. The molecule has 0 atom stereocenters. The lowest BCUT2D eigenvalue weighted by molar-refractivity contribution is 0.0660. The van der Waals surface area contributed by atoms with Crippen molar-refractivity contribution >= 4 is 12.2 Å². The molecule has 118 valence electrons. The summed E-state index contributed by atoms with van der Waals surface area (Å²) in [6.45, 7) is 0.645. The quantitative estimate of drug-likeness (QED) is 0.804. The molecule has 4 nitrogen and oxygen atoms in total. The van der Waals surface area contributed by atoms with E-state index in [0.29, 0.717) is 30.4 Å². The summed E-state index contributed by atoms with van der Waals surface area (Å²) in [6, 6.07) is 9.57. The molecule has 1 aliphatic carbocycles. The van der Waals surface area contributed by atoms with E-state index in [4.69, 9.17) is 4.42 Å². The monoisotopic (exact) mass is 309 g/mol. The molecule has 1 aromatic heterocycles. The maximum absolute atomic E-state index is 12.8. The maximum atomic E-state index is 12.8. The average Bonchev–Trinajstić information content (AvgIpc) is 3.21. The highest BCUT2D eigenvalue weighted by Gasteiger charge is 2.34. The number of hydrogen-bond acceptors (Lipinski definition) is 3. The van der Waals surface area contributed by atoms with Gasteiger partial charge in [0.2, 0.25) is 0 Å². The third-order valence-electron chi connectivity index (χ3n) is 5.02. The van der Waals surface area contributed by atoms with E-state index in [1.165, 1.54) is 19.3 Å². The predicted molar refractivity (Wildman–Crippen MR) is 86.3 cm³/mol. The molecule has 1 aliphatic heterocycles. The smallest absolute Gasteiger partial charge is 0.254 e. The largest absolute Gasteiger partial charge is 0.453 e. The van der Waals surface area contributed by atoms with Crippen LogP contribution in [0.3, 0.4) is 0 Å². The average molecular weight is 309 g/mol. The van der Waals surface area contributed by atoms with Gasteiger partial charge in [-0.3, -0.25) is 9.59 Å². The zero-order valence-corrected chi connectivity index (χ0v) is 13.0. The van der Waals surface area contributed by atoms with E-state index in [9.17, 15) is 9.59 Å². The number of hydrogen-bond donors (Lipinski definition) is 0. The van der Waals surface area contributed by atoms with Gasteiger partial charge in [-0.1, -0.05) is 31.4 Å². The standard InChI is InChI=1S/C19H19NO3/c21-12-14-9-10-18(23-14)15-7-4-8-16-17(15)11-20(19(16)22)13-5-2-1-3-6-13/h4,7-10,12-13H,1-3,5-6,11H2. The van der Waals surface area contributed by atoms with E-state index in [1.807, 2.05) is 23.1 Å². The lowest BCUT2D eigenvalue weighted by Crippen LogP contribution is -2.36. The van der Waals surface area contributed by atoms with Gasteiger partial charge in [-0.25, -0.2) is 0 Å². The van der Waals surface area contributed by atoms with Crippen LogP contribution in [-0.4, -0.2) is 23.1 Å². The summed E-state index contributed by atoms with van der Waals surface area (Å²) < 4.78 is 5.56. The number of rotatable bonds is 3. The SMILES string of the molecule is O=Cc1ccc(-c2cccc3c2CN(C2CCCCC2)C3=O)o1. The van der Waals surface area contributed by atoms with Crippen LogP contribution in [0.4, 0.5) is 0 Å². The first kappa shape index (κ1) is 14.2. The maximum Gasteiger partial charge on any atom is 0.254 e. The minimum atomic E-state index is 0.135. The second-order valence-corrected chi connectivity index (χ2v) is 6.38. The first-order chi connectivity index (χ1) is 11.3. The summed E-state index contributed by atoms with van der Waals surface area (Å²) >= 11 is 0. The van der Waals surface area contributed by atoms with Crippen LogP contribution in [-0.2, 0) is 6.54 Å². The van der Waals surface area contributed by atoms with Gasteiger partial charge in [-0.05, 0) is 36.6 Å². The summed E-state index contributed by atoms with van der Waals surface area (Å²) in [6.07, 6.45) is 6.59. The molecule has 0 spiro atoms. The van der Waals surface area contributed by atoms with Crippen LogP contribution in [0.15, 0.2) is 34.7 Å². The third-order valence-corrected chi connectivity index (χ3v) is 5.02. The first-order valence-corrected chi connectivity index (χ1v) is 8.26. The normalized spacial score (nSPS) is 18.3. The molecule has 0 saturated heterocycles. The van der Waals surface area contributed by atoms with Gasteiger partial charge in [-0.15, -0.1) is 0 Å². The summed E-state index contributed by atoms with van der Waals surface area (Å²) in [4.78, 5) is 25.6. The predicted octanol–water partition coefficient (Wildman–Crippen LogP) is 4.05. The second kappa shape index (κ2) is 5.69. The van der Waals surface area contributed by atoms with Crippen LogP contribution < -0.4 is 0 Å². The van der Waals surface area contributed by atoms with Crippen molar-refractivity contribution in [3.8, 4) is 11.3 Å². The zero-order valence-electron chi connectivity index (χ0n) is 13.0. The van der Waals surface area contributed by atoms with Crippen LogP contribution in [0.5, 0.6) is 0 Å². The fraction of sp³-hybridized carbons (Fsp3) is 0.368. The minimum absolute atomic E-state index is 0.135. The Morgan fingerprint density at radius 2 is 1.83 bits per heavy atom. The molecule has 0 bridgehead atoms. The van der Waals surface area contributed by atoms with Gasteiger partial charge in [0.15, 0.2) is 12.0 Å². The topological polar surface area (TPSA) is 50.5 Å². The molecule has 0 unspecified atom stereocenters. The molecule has 4 rings (SSSR count). The van der Waals surface area contributed by atoms with E-state index >= 15 is 0 Å². The van der Waals surface area contributed by atoms with Crippen LogP contribution in [0, 0.1) is 0 Å². The molecule has 1 amide bonds. The zero-order chi connectivity index (χ0) is 15.8. The molecule has 1 fully saturated rings. The Morgan fingerprint density at radius 3 is 2.57 bits per heavy atom. The minimum Gasteiger partial charge on any atom is -0.453 e. The second-order valence-electron chi connectivity index (χ2n) is 6.38. The van der Waals surface area contributed by atoms with Crippen molar-refractivity contribution in [3.63, 3.8) is 0 Å². The van der Waals surface area contributed by atoms with Crippen molar-refractivity contribution in [2.75, 3.05) is 0 Å². The van der Waals surface area contributed by atoms with Gasteiger partial charge >= 0.3 is 0 Å². The Kier molecular flexibility index (Phi) is 3.52. The summed E-state index contributed by atoms with van der Waals surface area (Å²) in [5.41, 5.74) is 2.72. The van der Waals surface area contributed by atoms with Gasteiger partial charge in [-0.2, -0.15) is 0 Å². The molecular weight excluding hydrogens is 290 g/mol. The molecular formula is C19H19NO3. The van der Waals surface area contributed by atoms with E-state index in [2.05, 4.69) is 0 Å². The van der Waals surface area contributed by atoms with Gasteiger partial charge in [0.25, 0.3) is 5.91 Å². The Balaban J connectivity index is 1.70. The molecule has 4 heteroatoms. The van der Waals surface area contributed by atoms with Gasteiger partial charge in [0.1, 0.15) is 5.76 Å². The molecule has 0 N–H and O–H groups in total. The Bertz CT molecular complexity index is 756. The molecule has 2 aliphatic rings.